The summed E-state index contributed by atoms with van der Waals surface area (Å²) in [5, 5.41) is 4.81. The van der Waals surface area contributed by atoms with Crippen LogP contribution in [0.25, 0.3) is 0 Å². The summed E-state index contributed by atoms with van der Waals surface area (Å²) in [5.74, 6) is 0. The van der Waals surface area contributed by atoms with Crippen LogP contribution < -0.4 is 15.6 Å². The van der Waals surface area contributed by atoms with Crippen molar-refractivity contribution >= 4 is 37.3 Å². The van der Waals surface area contributed by atoms with Gasteiger partial charge in [-0.3, -0.25) is 0 Å². The Morgan fingerprint density at radius 3 is 2.17 bits per heavy atom. The van der Waals surface area contributed by atoms with Gasteiger partial charge >= 0.3 is 0 Å². The first-order valence-electron chi connectivity index (χ1n) is 7.71. The lowest BCUT2D eigenvalue weighted by Crippen LogP contribution is -2.26. The number of nitrogens with two attached hydrogens (primary N) is 2. The molecule has 0 radical (unpaired) electrons. The minimum Gasteiger partial charge on any atom is -0.398 e. The first-order chi connectivity index (χ1) is 11.1. The zero-order valence-electron chi connectivity index (χ0n) is 13.6. The van der Waals surface area contributed by atoms with Crippen molar-refractivity contribution in [1.29, 1.82) is 0 Å². The van der Waals surface area contributed by atoms with Gasteiger partial charge in [-0.2, -0.15) is 0 Å². The molecule has 5 N–H and O–H groups in total. The van der Waals surface area contributed by atoms with Gasteiger partial charge in [-0.05, 0) is 18.6 Å². The molecule has 7 nitrogen and oxygen atoms in total. The van der Waals surface area contributed by atoms with E-state index in [1.54, 1.807) is 0 Å². The average molecular weight is 398 g/mol. The van der Waals surface area contributed by atoms with Crippen molar-refractivity contribution in [2.75, 3.05) is 12.3 Å². The maximum absolute atomic E-state index is 12.3. The Morgan fingerprint density at radius 2 is 1.58 bits per heavy atom. The van der Waals surface area contributed by atoms with E-state index in [1.807, 2.05) is 0 Å². The molecule has 0 bridgehead atoms. The number of unbranched alkanes of at least 4 members (excludes halogenated alkanes) is 5. The van der Waals surface area contributed by atoms with Crippen LogP contribution in [0.15, 0.2) is 21.9 Å². The van der Waals surface area contributed by atoms with Crippen LogP contribution in [0.1, 0.15) is 45.4 Å². The molecule has 0 atom stereocenters. The predicted molar refractivity (Wildman–Crippen MR) is 95.8 cm³/mol. The smallest absolute Gasteiger partial charge is 0.242 e. The number of halogens is 1. The highest BCUT2D eigenvalue weighted by molar-refractivity contribution is 7.90. The van der Waals surface area contributed by atoms with Crippen molar-refractivity contribution in [1.82, 2.24) is 4.72 Å². The number of hydrogen-bond acceptors (Lipinski definition) is 5. The standard InChI is InChI=1S/C14H24ClN3O4S2/c1-2-3-4-5-6-7-8-18-24(21,22)14-10-13(23(17,19)20)11(15)9-12(14)16/h9-10,18H,2-8,16H2,1H3,(H2,17,19,20). The van der Waals surface area contributed by atoms with Crippen molar-refractivity contribution in [3.63, 3.8) is 0 Å². The molecule has 138 valence electrons. The van der Waals surface area contributed by atoms with Gasteiger partial charge in [0.15, 0.2) is 0 Å². The molecule has 0 saturated carbocycles. The van der Waals surface area contributed by atoms with Gasteiger partial charge in [0.1, 0.15) is 9.79 Å². The van der Waals surface area contributed by atoms with Crippen LogP contribution in [-0.4, -0.2) is 23.4 Å². The lowest BCUT2D eigenvalue weighted by molar-refractivity contribution is 0.568. The van der Waals surface area contributed by atoms with Crippen LogP contribution in [0.5, 0.6) is 0 Å². The number of primary sulfonamides is 1. The molecule has 1 aromatic carbocycles. The van der Waals surface area contributed by atoms with Gasteiger partial charge in [0.25, 0.3) is 0 Å². The fourth-order valence-electron chi connectivity index (χ4n) is 2.19. The molecule has 0 aromatic heterocycles. The third-order valence-corrected chi connectivity index (χ3v) is 6.38. The molecule has 0 heterocycles. The van der Waals surface area contributed by atoms with E-state index in [0.717, 1.165) is 37.8 Å². The van der Waals surface area contributed by atoms with Gasteiger partial charge in [-0.1, -0.05) is 50.6 Å². The van der Waals surface area contributed by atoms with Crippen LogP contribution in [0.2, 0.25) is 5.02 Å². The van der Waals surface area contributed by atoms with Crippen LogP contribution in [-0.2, 0) is 20.0 Å². The summed E-state index contributed by atoms with van der Waals surface area (Å²) in [5.41, 5.74) is 5.53. The quantitative estimate of drug-likeness (QED) is 0.411. The highest BCUT2D eigenvalue weighted by Crippen LogP contribution is 2.29. The number of nitrogens with one attached hydrogen (secondary N) is 1. The van der Waals surface area contributed by atoms with Crippen LogP contribution in [0.4, 0.5) is 5.69 Å². The summed E-state index contributed by atoms with van der Waals surface area (Å²) in [6.07, 6.45) is 6.11. The summed E-state index contributed by atoms with van der Waals surface area (Å²) < 4.78 is 50.0. The lowest BCUT2D eigenvalue weighted by Gasteiger charge is -2.11. The lowest BCUT2D eigenvalue weighted by atomic mass is 10.1. The molecule has 0 unspecified atom stereocenters. The second-order valence-corrected chi connectivity index (χ2v) is 9.20. The van der Waals surface area contributed by atoms with Gasteiger partial charge in [-0.15, -0.1) is 0 Å². The van der Waals surface area contributed by atoms with Gasteiger partial charge < -0.3 is 5.73 Å². The predicted octanol–water partition coefficient (Wildman–Crippen LogP) is 2.21. The first kappa shape index (κ1) is 21.2. The Morgan fingerprint density at radius 1 is 1.00 bits per heavy atom. The molecule has 0 aliphatic carbocycles. The van der Waals surface area contributed by atoms with E-state index in [-0.39, 0.29) is 22.2 Å². The van der Waals surface area contributed by atoms with Crippen LogP contribution in [0, 0.1) is 0 Å². The van der Waals surface area contributed by atoms with E-state index < -0.39 is 24.9 Å². The molecular weight excluding hydrogens is 374 g/mol. The van der Waals surface area contributed by atoms with Crippen molar-refractivity contribution in [3.05, 3.63) is 17.2 Å². The van der Waals surface area contributed by atoms with Gasteiger partial charge in [0, 0.05) is 6.54 Å². The molecule has 0 fully saturated rings. The van der Waals surface area contributed by atoms with Gasteiger partial charge in [0.05, 0.1) is 10.7 Å². The zero-order valence-corrected chi connectivity index (χ0v) is 16.0. The van der Waals surface area contributed by atoms with Crippen molar-refractivity contribution in [2.45, 2.75) is 55.2 Å². The topological polar surface area (TPSA) is 132 Å². The van der Waals surface area contributed by atoms with E-state index in [1.165, 1.54) is 6.42 Å². The summed E-state index contributed by atoms with van der Waals surface area (Å²) in [6.45, 7) is 2.38. The highest BCUT2D eigenvalue weighted by Gasteiger charge is 2.23. The third kappa shape index (κ3) is 6.21. The largest absolute Gasteiger partial charge is 0.398 e. The molecule has 10 heteroatoms. The molecule has 0 aliphatic rings. The van der Waals surface area contributed by atoms with E-state index in [9.17, 15) is 16.8 Å². The minimum absolute atomic E-state index is 0.136. The fraction of sp³-hybridized carbons (Fsp3) is 0.571. The Bertz CT molecular complexity index is 764. The highest BCUT2D eigenvalue weighted by atomic mass is 35.5. The second kappa shape index (κ2) is 9.00. The number of nitrogen functional groups attached to an aromatic ring is 1. The second-order valence-electron chi connectivity index (χ2n) is 5.53. The molecule has 0 saturated heterocycles. The SMILES string of the molecule is CCCCCCCCNS(=O)(=O)c1cc(S(N)(=O)=O)c(Cl)cc1N. The maximum atomic E-state index is 12.3. The van der Waals surface area contributed by atoms with Crippen LogP contribution in [0.3, 0.4) is 0 Å². The maximum Gasteiger partial charge on any atom is 0.242 e. The van der Waals surface area contributed by atoms with Gasteiger partial charge in [-0.25, -0.2) is 26.7 Å². The van der Waals surface area contributed by atoms with Crippen LogP contribution >= 0.6 is 11.6 Å². The van der Waals surface area contributed by atoms with Gasteiger partial charge in [0.2, 0.25) is 20.0 Å². The van der Waals surface area contributed by atoms with Crippen molar-refractivity contribution in [2.24, 2.45) is 5.14 Å². The van der Waals surface area contributed by atoms with Crippen molar-refractivity contribution < 1.29 is 16.8 Å². The Hall–Kier alpha value is -0.870. The number of rotatable bonds is 10. The average Bonchev–Trinajstić information content (AvgIpc) is 2.44. The number of anilines is 1. The molecule has 0 aliphatic heterocycles. The molecule has 24 heavy (non-hydrogen) atoms. The van der Waals surface area contributed by atoms with Crippen molar-refractivity contribution in [3.8, 4) is 0 Å². The summed E-state index contributed by atoms with van der Waals surface area (Å²) in [6, 6.07) is 1.96. The molecule has 0 amide bonds. The fourth-order valence-corrected chi connectivity index (χ4v) is 4.58. The molecule has 1 rings (SSSR count). The minimum atomic E-state index is -4.15. The Balaban J connectivity index is 2.80. The van der Waals surface area contributed by atoms with E-state index in [0.29, 0.717) is 6.42 Å². The summed E-state index contributed by atoms with van der Waals surface area (Å²) in [7, 11) is -8.09. The van der Waals surface area contributed by atoms with E-state index >= 15 is 0 Å². The monoisotopic (exact) mass is 397 g/mol. The number of benzene rings is 1. The Kier molecular flexibility index (Phi) is 7.94. The normalized spacial score (nSPS) is 12.5. The number of hydrogen-bond donors (Lipinski definition) is 3. The molecule has 1 aromatic rings. The number of sulfonamides is 2. The Labute approximate surface area is 148 Å². The zero-order chi connectivity index (χ0) is 18.4. The summed E-state index contributed by atoms with van der Waals surface area (Å²) in [4.78, 5) is -0.819. The van der Waals surface area contributed by atoms with E-state index in [4.69, 9.17) is 22.5 Å². The summed E-state index contributed by atoms with van der Waals surface area (Å²) >= 11 is 5.77. The third-order valence-electron chi connectivity index (χ3n) is 3.48. The molecular formula is C14H24ClN3O4S2. The van der Waals surface area contributed by atoms with E-state index in [2.05, 4.69) is 11.6 Å². The molecule has 0 spiro atoms. The first-order valence-corrected chi connectivity index (χ1v) is 11.1.